The van der Waals surface area contributed by atoms with E-state index in [0.29, 0.717) is 12.8 Å². The number of aryl methyl sites for hydroxylation is 1. The van der Waals surface area contributed by atoms with Crippen LogP contribution in [-0.2, 0) is 16.7 Å². The number of pyridine rings is 1. The van der Waals surface area contributed by atoms with Gasteiger partial charge >= 0.3 is 0 Å². The first kappa shape index (κ1) is 12.9. The van der Waals surface area contributed by atoms with Gasteiger partial charge < -0.3 is 0 Å². The summed E-state index contributed by atoms with van der Waals surface area (Å²) in [5.74, 6) is -0.172. The van der Waals surface area contributed by atoms with E-state index < -0.39 is 10.1 Å². The minimum absolute atomic E-state index is 0.172. The molecule has 0 spiro atoms. The summed E-state index contributed by atoms with van der Waals surface area (Å²) in [6, 6.07) is 3.86. The normalized spacial score (nSPS) is 11.3. The molecule has 0 radical (unpaired) electrons. The summed E-state index contributed by atoms with van der Waals surface area (Å²) >= 11 is 0. The molecule has 0 aromatic carbocycles. The van der Waals surface area contributed by atoms with Gasteiger partial charge in [-0.2, -0.15) is 8.42 Å². The molecular formula is C11H16NO3S+. The highest BCUT2D eigenvalue weighted by Crippen LogP contribution is 1.97. The molecule has 1 heterocycles. The number of aromatic nitrogens is 1. The van der Waals surface area contributed by atoms with Crippen LogP contribution in [0.2, 0.25) is 0 Å². The molecule has 0 bridgehead atoms. The van der Waals surface area contributed by atoms with Gasteiger partial charge in [-0.25, -0.2) is 4.57 Å². The lowest BCUT2D eigenvalue weighted by atomic mass is 10.2. The highest BCUT2D eigenvalue weighted by atomic mass is 32.2. The summed E-state index contributed by atoms with van der Waals surface area (Å²) in [5, 5.41) is 0. The molecule has 0 atom stereocenters. The zero-order valence-electron chi connectivity index (χ0n) is 9.04. The van der Waals surface area contributed by atoms with Gasteiger partial charge in [-0.3, -0.25) is 4.55 Å². The van der Waals surface area contributed by atoms with Crippen LogP contribution in [0.3, 0.4) is 0 Å². The van der Waals surface area contributed by atoms with E-state index in [2.05, 4.69) is 6.58 Å². The maximum atomic E-state index is 10.5. The number of hydrogen-bond donors (Lipinski definition) is 1. The predicted molar refractivity (Wildman–Crippen MR) is 62.4 cm³/mol. The molecule has 0 saturated heterocycles. The summed E-state index contributed by atoms with van der Waals surface area (Å²) in [7, 11) is -3.82. The van der Waals surface area contributed by atoms with Gasteiger partial charge in [-0.05, 0) is 12.5 Å². The lowest BCUT2D eigenvalue weighted by Crippen LogP contribution is -2.33. The molecule has 88 valence electrons. The Bertz CT molecular complexity index is 454. The van der Waals surface area contributed by atoms with Gasteiger partial charge in [-0.1, -0.05) is 12.7 Å². The molecule has 1 rings (SSSR count). The first-order valence-electron chi connectivity index (χ1n) is 5.08. The zero-order valence-corrected chi connectivity index (χ0v) is 9.86. The van der Waals surface area contributed by atoms with Crippen molar-refractivity contribution in [3.8, 4) is 0 Å². The van der Waals surface area contributed by atoms with Crippen molar-refractivity contribution < 1.29 is 17.5 Å². The smallest absolute Gasteiger partial charge is 0.264 e. The molecule has 16 heavy (non-hydrogen) atoms. The Balaban J connectivity index is 2.40. The van der Waals surface area contributed by atoms with Gasteiger partial charge in [0.05, 0.1) is 5.75 Å². The summed E-state index contributed by atoms with van der Waals surface area (Å²) in [6.45, 7) is 4.41. The fraction of sp³-hybridized carbons (Fsp3) is 0.364. The lowest BCUT2D eigenvalue weighted by molar-refractivity contribution is -0.697. The number of hydrogen-bond acceptors (Lipinski definition) is 2. The van der Waals surface area contributed by atoms with Gasteiger partial charge in [0.15, 0.2) is 12.4 Å². The number of unbranched alkanes of at least 4 members (excludes halogenated alkanes) is 1. The molecular weight excluding hydrogens is 226 g/mol. The van der Waals surface area contributed by atoms with Crippen LogP contribution in [0.4, 0.5) is 0 Å². The second-order valence-corrected chi connectivity index (χ2v) is 5.14. The molecule has 0 aliphatic rings. The summed E-state index contributed by atoms with van der Waals surface area (Å²) < 4.78 is 31.5. The van der Waals surface area contributed by atoms with Crippen LogP contribution in [0.1, 0.15) is 18.4 Å². The topological polar surface area (TPSA) is 58.2 Å². The van der Waals surface area contributed by atoms with Crippen LogP contribution in [0, 0.1) is 0 Å². The van der Waals surface area contributed by atoms with E-state index in [1.807, 2.05) is 29.1 Å². The molecule has 0 aliphatic heterocycles. The maximum Gasteiger partial charge on any atom is 0.264 e. The second kappa shape index (κ2) is 5.77. The minimum atomic E-state index is -3.82. The third-order valence-electron chi connectivity index (χ3n) is 2.19. The van der Waals surface area contributed by atoms with Crippen LogP contribution >= 0.6 is 0 Å². The SMILES string of the molecule is C=Cc1ccc[n+](CCCCS(=O)(=O)O)c1. The maximum absolute atomic E-state index is 10.5. The Labute approximate surface area is 96.0 Å². The third kappa shape index (κ3) is 5.04. The Morgan fingerprint density at radius 1 is 1.44 bits per heavy atom. The van der Waals surface area contributed by atoms with Crippen molar-refractivity contribution in [2.45, 2.75) is 19.4 Å². The Morgan fingerprint density at radius 3 is 2.81 bits per heavy atom. The first-order valence-corrected chi connectivity index (χ1v) is 6.69. The van der Waals surface area contributed by atoms with E-state index in [1.54, 1.807) is 6.08 Å². The average molecular weight is 242 g/mol. The average Bonchev–Trinajstić information content (AvgIpc) is 2.23. The van der Waals surface area contributed by atoms with Crippen molar-refractivity contribution in [2.24, 2.45) is 0 Å². The van der Waals surface area contributed by atoms with Gasteiger partial charge in [0, 0.05) is 18.1 Å². The summed E-state index contributed by atoms with van der Waals surface area (Å²) in [5.41, 5.74) is 1.03. The quantitative estimate of drug-likeness (QED) is 0.464. The molecule has 1 aromatic rings. The molecule has 0 fully saturated rings. The van der Waals surface area contributed by atoms with Gasteiger partial charge in [0.1, 0.15) is 6.54 Å². The standard InChI is InChI=1S/C11H15NO3S/c1-2-11-6-5-8-12(10-11)7-3-4-9-16(13,14)15/h2,5-6,8,10H,1,3-4,7,9H2/p+1. The lowest BCUT2D eigenvalue weighted by Gasteiger charge is -1.98. The fourth-order valence-electron chi connectivity index (χ4n) is 1.38. The van der Waals surface area contributed by atoms with E-state index in [9.17, 15) is 8.42 Å². The Hall–Kier alpha value is -1.20. The van der Waals surface area contributed by atoms with Crippen molar-refractivity contribution >= 4 is 16.2 Å². The van der Waals surface area contributed by atoms with E-state index in [4.69, 9.17) is 4.55 Å². The minimum Gasteiger partial charge on any atom is -0.286 e. The zero-order chi connectivity index (χ0) is 12.0. The fourth-order valence-corrected chi connectivity index (χ4v) is 1.95. The molecule has 4 nitrogen and oxygen atoms in total. The Morgan fingerprint density at radius 2 is 2.19 bits per heavy atom. The van der Waals surface area contributed by atoms with Crippen LogP contribution in [0.15, 0.2) is 31.1 Å². The summed E-state index contributed by atoms with van der Waals surface area (Å²) in [6.07, 6.45) is 6.80. The van der Waals surface area contributed by atoms with Gasteiger partial charge in [0.2, 0.25) is 0 Å². The van der Waals surface area contributed by atoms with Crippen molar-refractivity contribution in [2.75, 3.05) is 5.75 Å². The predicted octanol–water partition coefficient (Wildman–Crippen LogP) is 1.29. The van der Waals surface area contributed by atoms with E-state index in [-0.39, 0.29) is 5.75 Å². The van der Waals surface area contributed by atoms with E-state index in [1.165, 1.54) is 0 Å². The first-order chi connectivity index (χ1) is 7.51. The number of nitrogens with zero attached hydrogens (tertiary/aromatic N) is 1. The van der Waals surface area contributed by atoms with Crippen LogP contribution < -0.4 is 4.57 Å². The van der Waals surface area contributed by atoms with E-state index >= 15 is 0 Å². The molecule has 5 heteroatoms. The van der Waals surface area contributed by atoms with Crippen LogP contribution in [-0.4, -0.2) is 18.7 Å². The number of rotatable bonds is 6. The molecule has 1 aromatic heterocycles. The highest BCUT2D eigenvalue weighted by molar-refractivity contribution is 7.85. The van der Waals surface area contributed by atoms with Crippen molar-refractivity contribution in [1.82, 2.24) is 0 Å². The van der Waals surface area contributed by atoms with Crippen molar-refractivity contribution in [3.63, 3.8) is 0 Å². The van der Waals surface area contributed by atoms with Crippen LogP contribution in [0.5, 0.6) is 0 Å². The van der Waals surface area contributed by atoms with E-state index in [0.717, 1.165) is 12.1 Å². The van der Waals surface area contributed by atoms with Gasteiger partial charge in [-0.15, -0.1) is 0 Å². The second-order valence-electron chi connectivity index (χ2n) is 3.57. The molecule has 0 aliphatic carbocycles. The van der Waals surface area contributed by atoms with Crippen molar-refractivity contribution in [3.05, 3.63) is 36.7 Å². The van der Waals surface area contributed by atoms with Crippen LogP contribution in [0.25, 0.3) is 6.08 Å². The molecule has 0 unspecified atom stereocenters. The monoisotopic (exact) mass is 242 g/mol. The highest BCUT2D eigenvalue weighted by Gasteiger charge is 2.05. The Kier molecular flexibility index (Phi) is 4.64. The third-order valence-corrected chi connectivity index (χ3v) is 2.99. The summed E-state index contributed by atoms with van der Waals surface area (Å²) in [4.78, 5) is 0. The largest absolute Gasteiger partial charge is 0.286 e. The molecule has 0 saturated carbocycles. The molecule has 0 amide bonds. The molecule has 1 N–H and O–H groups in total. The van der Waals surface area contributed by atoms with Gasteiger partial charge in [0.25, 0.3) is 10.1 Å². The van der Waals surface area contributed by atoms with Crippen molar-refractivity contribution in [1.29, 1.82) is 0 Å².